The molecule has 33 heavy (non-hydrogen) atoms. The standard InChI is InChI=1S/C25H21F2N3O3/c1-24(12-31-13-24)15-10-18-21(19(26)11-15)33-20-5-4-14(16-3-2-7-29-22(16)27)9-17(20)25(18)6-8-32-23(28)30-25/h2-5,7,9-11H,6,8,12-13H2,1H3,(H2,28,30)/t25-/m1/s1. The van der Waals surface area contributed by atoms with E-state index in [9.17, 15) is 4.39 Å². The Morgan fingerprint density at radius 2 is 1.91 bits per heavy atom. The van der Waals surface area contributed by atoms with Crippen LogP contribution in [0, 0.1) is 11.8 Å². The Kier molecular flexibility index (Phi) is 4.26. The molecule has 6 rings (SSSR count). The predicted molar refractivity (Wildman–Crippen MR) is 117 cm³/mol. The van der Waals surface area contributed by atoms with Crippen LogP contribution in [0.2, 0.25) is 0 Å². The van der Waals surface area contributed by atoms with E-state index >= 15 is 4.39 Å². The van der Waals surface area contributed by atoms with E-state index in [1.807, 2.05) is 19.1 Å². The number of hydrogen-bond acceptors (Lipinski definition) is 6. The van der Waals surface area contributed by atoms with Crippen LogP contribution < -0.4 is 10.5 Å². The van der Waals surface area contributed by atoms with Crippen molar-refractivity contribution in [1.82, 2.24) is 4.98 Å². The molecular formula is C25H21F2N3O3. The van der Waals surface area contributed by atoms with Gasteiger partial charge in [0.25, 0.3) is 6.02 Å². The first-order chi connectivity index (χ1) is 15.9. The largest absolute Gasteiger partial charge is 0.465 e. The van der Waals surface area contributed by atoms with Gasteiger partial charge in [-0.1, -0.05) is 13.0 Å². The van der Waals surface area contributed by atoms with Crippen LogP contribution in [0.15, 0.2) is 53.7 Å². The molecule has 3 aliphatic heterocycles. The fraction of sp³-hybridized carbons (Fsp3) is 0.280. The average Bonchev–Trinajstić information content (AvgIpc) is 2.78. The summed E-state index contributed by atoms with van der Waals surface area (Å²) in [7, 11) is 0. The first-order valence-electron chi connectivity index (χ1n) is 10.7. The topological polar surface area (TPSA) is 79.0 Å². The smallest absolute Gasteiger partial charge is 0.283 e. The zero-order valence-corrected chi connectivity index (χ0v) is 17.9. The van der Waals surface area contributed by atoms with Crippen LogP contribution >= 0.6 is 0 Å². The number of hydrogen-bond donors (Lipinski definition) is 1. The quantitative estimate of drug-likeness (QED) is 0.587. The van der Waals surface area contributed by atoms with Crippen molar-refractivity contribution in [1.29, 1.82) is 0 Å². The highest BCUT2D eigenvalue weighted by Gasteiger charge is 2.47. The van der Waals surface area contributed by atoms with Crippen LogP contribution in [0.4, 0.5) is 8.78 Å². The van der Waals surface area contributed by atoms with Gasteiger partial charge in [-0.2, -0.15) is 4.39 Å². The minimum atomic E-state index is -1.03. The summed E-state index contributed by atoms with van der Waals surface area (Å²) in [5, 5.41) is 0. The average molecular weight is 449 g/mol. The molecule has 6 nitrogen and oxygen atoms in total. The number of rotatable bonds is 2. The molecule has 8 heteroatoms. The number of aromatic nitrogens is 1. The molecule has 2 N–H and O–H groups in total. The van der Waals surface area contributed by atoms with Crippen molar-refractivity contribution in [2.75, 3.05) is 19.8 Å². The van der Waals surface area contributed by atoms with Crippen LogP contribution in [0.25, 0.3) is 11.1 Å². The Balaban J connectivity index is 1.60. The Morgan fingerprint density at radius 1 is 1.06 bits per heavy atom. The number of amidine groups is 1. The van der Waals surface area contributed by atoms with Gasteiger partial charge in [-0.3, -0.25) is 0 Å². The van der Waals surface area contributed by atoms with Crippen molar-refractivity contribution in [2.24, 2.45) is 10.7 Å². The van der Waals surface area contributed by atoms with Gasteiger partial charge in [-0.25, -0.2) is 14.4 Å². The van der Waals surface area contributed by atoms with Crippen LogP contribution in [-0.2, 0) is 20.4 Å². The van der Waals surface area contributed by atoms with E-state index in [4.69, 9.17) is 24.9 Å². The lowest BCUT2D eigenvalue weighted by atomic mass is 9.73. The fourth-order valence-electron chi connectivity index (χ4n) is 4.86. The van der Waals surface area contributed by atoms with E-state index in [0.29, 0.717) is 54.2 Å². The molecule has 0 amide bonds. The van der Waals surface area contributed by atoms with Gasteiger partial charge in [0.05, 0.1) is 19.8 Å². The molecule has 168 valence electrons. The van der Waals surface area contributed by atoms with Gasteiger partial charge in [0.15, 0.2) is 11.6 Å². The van der Waals surface area contributed by atoms with E-state index < -0.39 is 17.3 Å². The zero-order chi connectivity index (χ0) is 22.8. The minimum Gasteiger partial charge on any atom is -0.465 e. The van der Waals surface area contributed by atoms with Crippen molar-refractivity contribution in [3.8, 4) is 22.6 Å². The normalized spacial score (nSPS) is 22.3. The highest BCUT2D eigenvalue weighted by molar-refractivity contribution is 5.76. The molecule has 1 fully saturated rings. The van der Waals surface area contributed by atoms with Crippen molar-refractivity contribution < 1.29 is 23.0 Å². The van der Waals surface area contributed by atoms with Crippen molar-refractivity contribution in [3.05, 3.63) is 77.1 Å². The molecule has 3 aliphatic rings. The summed E-state index contributed by atoms with van der Waals surface area (Å²) in [6.07, 6.45) is 1.82. The third-order valence-electron chi connectivity index (χ3n) is 6.75. The molecule has 2 aromatic carbocycles. The molecule has 0 radical (unpaired) electrons. The van der Waals surface area contributed by atoms with Crippen molar-refractivity contribution >= 4 is 6.02 Å². The number of benzene rings is 2. The maximum atomic E-state index is 15.4. The third-order valence-corrected chi connectivity index (χ3v) is 6.75. The summed E-state index contributed by atoms with van der Waals surface area (Å²) < 4.78 is 46.7. The minimum absolute atomic E-state index is 0.0158. The first-order valence-corrected chi connectivity index (χ1v) is 10.7. The maximum absolute atomic E-state index is 15.4. The predicted octanol–water partition coefficient (Wildman–Crippen LogP) is 4.40. The Bertz CT molecular complexity index is 1320. The number of ether oxygens (including phenoxy) is 3. The zero-order valence-electron chi connectivity index (χ0n) is 17.9. The van der Waals surface area contributed by atoms with E-state index in [-0.39, 0.29) is 17.2 Å². The molecule has 4 heterocycles. The summed E-state index contributed by atoms with van der Waals surface area (Å²) in [6, 6.07) is 12.0. The van der Waals surface area contributed by atoms with Gasteiger partial charge in [-0.15, -0.1) is 0 Å². The third kappa shape index (κ3) is 2.94. The molecule has 0 unspecified atom stereocenters. The molecule has 1 aromatic heterocycles. The maximum Gasteiger partial charge on any atom is 0.283 e. The molecule has 0 saturated carbocycles. The first kappa shape index (κ1) is 20.1. The molecule has 3 aromatic rings. The lowest BCUT2D eigenvalue weighted by Crippen LogP contribution is -2.44. The van der Waals surface area contributed by atoms with E-state index in [1.165, 1.54) is 12.3 Å². The summed E-state index contributed by atoms with van der Waals surface area (Å²) in [5.74, 6) is -0.485. The summed E-state index contributed by atoms with van der Waals surface area (Å²) >= 11 is 0. The van der Waals surface area contributed by atoms with Gasteiger partial charge in [-0.05, 0) is 47.5 Å². The number of nitrogens with two attached hydrogens (primary N) is 1. The lowest BCUT2D eigenvalue weighted by Gasteiger charge is -2.42. The second-order valence-electron chi connectivity index (χ2n) is 8.95. The number of fused-ring (bicyclic) bond motifs is 4. The molecule has 0 aliphatic carbocycles. The summed E-state index contributed by atoms with van der Waals surface area (Å²) in [6.45, 7) is 3.35. The SMILES string of the molecule is CC1(c2cc(F)c3c(c2)[C@@]2(CCOC(N)=N2)c2cc(-c4cccnc4F)ccc2O3)COC1. The second kappa shape index (κ2) is 6.99. The Morgan fingerprint density at radius 3 is 2.64 bits per heavy atom. The van der Waals surface area contributed by atoms with E-state index in [2.05, 4.69) is 4.98 Å². The number of halogens is 2. The molecule has 1 saturated heterocycles. The van der Waals surface area contributed by atoms with Gasteiger partial charge in [0.1, 0.15) is 11.3 Å². The van der Waals surface area contributed by atoms with E-state index in [1.54, 1.807) is 24.3 Å². The van der Waals surface area contributed by atoms with Crippen molar-refractivity contribution in [2.45, 2.75) is 24.3 Å². The van der Waals surface area contributed by atoms with Gasteiger partial charge in [0, 0.05) is 34.7 Å². The molecule has 1 atom stereocenters. The van der Waals surface area contributed by atoms with Gasteiger partial charge < -0.3 is 19.9 Å². The van der Waals surface area contributed by atoms with Gasteiger partial charge >= 0.3 is 0 Å². The Labute approximate surface area is 189 Å². The van der Waals surface area contributed by atoms with Crippen LogP contribution in [0.1, 0.15) is 30.0 Å². The van der Waals surface area contributed by atoms with Crippen molar-refractivity contribution in [3.63, 3.8) is 0 Å². The van der Waals surface area contributed by atoms with Crippen LogP contribution in [0.3, 0.4) is 0 Å². The highest BCUT2D eigenvalue weighted by atomic mass is 19.1. The summed E-state index contributed by atoms with van der Waals surface area (Å²) in [4.78, 5) is 8.46. The number of nitrogens with zero attached hydrogens (tertiary/aromatic N) is 2. The van der Waals surface area contributed by atoms with Crippen LogP contribution in [0.5, 0.6) is 11.5 Å². The van der Waals surface area contributed by atoms with E-state index in [0.717, 1.165) is 5.56 Å². The van der Waals surface area contributed by atoms with Crippen LogP contribution in [-0.4, -0.2) is 30.8 Å². The molecule has 0 bridgehead atoms. The fourth-order valence-corrected chi connectivity index (χ4v) is 4.86. The van der Waals surface area contributed by atoms with Gasteiger partial charge in [0.2, 0.25) is 5.95 Å². The number of pyridine rings is 1. The second-order valence-corrected chi connectivity index (χ2v) is 8.95. The Hall–Kier alpha value is -3.52. The summed E-state index contributed by atoms with van der Waals surface area (Å²) in [5.41, 5.74) is 7.73. The molecule has 1 spiro atoms. The molecular weight excluding hydrogens is 428 g/mol. The number of aliphatic imine (C=N–C) groups is 1. The highest BCUT2D eigenvalue weighted by Crippen LogP contribution is 2.54. The monoisotopic (exact) mass is 449 g/mol. The lowest BCUT2D eigenvalue weighted by molar-refractivity contribution is -0.0502.